The molecule has 0 bridgehead atoms. The molecule has 1 atom stereocenters. The molecule has 4 rings (SSSR count). The van der Waals surface area contributed by atoms with Crippen LogP contribution in [0.25, 0.3) is 16.6 Å². The number of para-hydroxylation sites is 1. The second kappa shape index (κ2) is 8.23. The van der Waals surface area contributed by atoms with Crippen LogP contribution in [0.2, 0.25) is 0 Å². The Balaban J connectivity index is 1.63. The summed E-state index contributed by atoms with van der Waals surface area (Å²) < 4.78 is 2.98. The Morgan fingerprint density at radius 2 is 1.90 bits per heavy atom. The number of hydrogen-bond acceptors (Lipinski definition) is 5. The molecular weight excluding hydrogens is 398 g/mol. The molecular formula is C22H23N5O2S. The molecule has 3 aromatic heterocycles. The van der Waals surface area contributed by atoms with Gasteiger partial charge >= 0.3 is 0 Å². The lowest BCUT2D eigenvalue weighted by atomic mass is 10.2. The number of benzene rings is 1. The summed E-state index contributed by atoms with van der Waals surface area (Å²) in [5, 5.41) is 14.6. The van der Waals surface area contributed by atoms with Crippen molar-refractivity contribution in [3.8, 4) is 5.69 Å². The minimum absolute atomic E-state index is 0.237. The third kappa shape index (κ3) is 3.66. The first kappa shape index (κ1) is 20.0. The molecule has 4 aromatic rings. The van der Waals surface area contributed by atoms with Crippen molar-refractivity contribution in [2.75, 3.05) is 6.54 Å². The van der Waals surface area contributed by atoms with Gasteiger partial charge in [0.2, 0.25) is 5.91 Å². The summed E-state index contributed by atoms with van der Waals surface area (Å²) in [5.41, 5.74) is 2.34. The van der Waals surface area contributed by atoms with E-state index in [0.29, 0.717) is 17.8 Å². The molecule has 0 aliphatic carbocycles. The van der Waals surface area contributed by atoms with Gasteiger partial charge in [-0.25, -0.2) is 9.36 Å². The second-order valence-electron chi connectivity index (χ2n) is 7.19. The Hall–Kier alpha value is -3.26. The van der Waals surface area contributed by atoms with Crippen LogP contribution in [0, 0.1) is 13.8 Å². The highest BCUT2D eigenvalue weighted by Gasteiger charge is 2.23. The Bertz CT molecular complexity index is 1240. The molecule has 8 heteroatoms. The van der Waals surface area contributed by atoms with E-state index in [0.717, 1.165) is 23.2 Å². The first-order chi connectivity index (χ1) is 14.5. The van der Waals surface area contributed by atoms with Crippen molar-refractivity contribution in [2.45, 2.75) is 33.2 Å². The Morgan fingerprint density at radius 3 is 2.60 bits per heavy atom. The topological polar surface area (TPSA) is 81.8 Å². The van der Waals surface area contributed by atoms with E-state index < -0.39 is 6.04 Å². The van der Waals surface area contributed by atoms with E-state index in [1.165, 1.54) is 9.56 Å². The highest BCUT2D eigenvalue weighted by molar-refractivity contribution is 7.09. The van der Waals surface area contributed by atoms with Gasteiger partial charge < -0.3 is 5.32 Å². The fraction of sp³-hybridized carbons (Fsp3) is 0.273. The molecule has 0 aliphatic heterocycles. The molecule has 0 radical (unpaired) electrons. The number of hydrogen-bond donors (Lipinski definition) is 1. The predicted octanol–water partition coefficient (Wildman–Crippen LogP) is 3.18. The zero-order valence-electron chi connectivity index (χ0n) is 17.1. The number of fused-ring (bicyclic) bond motifs is 1. The molecule has 1 amide bonds. The summed E-state index contributed by atoms with van der Waals surface area (Å²) in [6.45, 7) is 5.95. The highest BCUT2D eigenvalue weighted by atomic mass is 32.1. The van der Waals surface area contributed by atoms with Gasteiger partial charge in [-0.3, -0.25) is 9.59 Å². The average Bonchev–Trinajstić information content (AvgIpc) is 3.39. The van der Waals surface area contributed by atoms with Crippen LogP contribution in [-0.4, -0.2) is 32.0 Å². The van der Waals surface area contributed by atoms with Crippen molar-refractivity contribution < 1.29 is 4.79 Å². The molecule has 0 saturated heterocycles. The zero-order valence-corrected chi connectivity index (χ0v) is 17.9. The minimum Gasteiger partial charge on any atom is -0.354 e. The van der Waals surface area contributed by atoms with Gasteiger partial charge in [0.25, 0.3) is 5.56 Å². The van der Waals surface area contributed by atoms with E-state index in [-0.39, 0.29) is 11.5 Å². The number of carbonyl (C=O) groups excluding carboxylic acids is 1. The van der Waals surface area contributed by atoms with Gasteiger partial charge in [-0.2, -0.15) is 10.2 Å². The van der Waals surface area contributed by atoms with Crippen LogP contribution in [0.5, 0.6) is 0 Å². The van der Waals surface area contributed by atoms with Gasteiger partial charge in [-0.15, -0.1) is 11.3 Å². The van der Waals surface area contributed by atoms with Gasteiger partial charge in [0, 0.05) is 11.4 Å². The molecule has 0 aliphatic rings. The van der Waals surface area contributed by atoms with Crippen LogP contribution < -0.4 is 10.9 Å². The molecule has 30 heavy (non-hydrogen) atoms. The summed E-state index contributed by atoms with van der Waals surface area (Å²) in [7, 11) is 0. The number of aryl methyl sites for hydroxylation is 2. The van der Waals surface area contributed by atoms with Gasteiger partial charge in [0.1, 0.15) is 6.04 Å². The molecule has 7 nitrogen and oxygen atoms in total. The van der Waals surface area contributed by atoms with Gasteiger partial charge in [-0.1, -0.05) is 24.3 Å². The maximum absolute atomic E-state index is 13.1. The number of amides is 1. The smallest absolute Gasteiger partial charge is 0.295 e. The normalized spacial score (nSPS) is 12.2. The summed E-state index contributed by atoms with van der Waals surface area (Å²) in [4.78, 5) is 27.0. The summed E-state index contributed by atoms with van der Waals surface area (Å²) >= 11 is 1.66. The van der Waals surface area contributed by atoms with Crippen LogP contribution in [0.15, 0.2) is 52.6 Å². The van der Waals surface area contributed by atoms with Crippen molar-refractivity contribution in [1.82, 2.24) is 24.9 Å². The predicted molar refractivity (Wildman–Crippen MR) is 118 cm³/mol. The van der Waals surface area contributed by atoms with Crippen LogP contribution in [0.4, 0.5) is 0 Å². The standard InChI is InChI=1S/C22H23N5O2S/c1-14-19-15(2)26(17-8-5-4-6-9-17)25-20(19)22(29)27(24-14)16(3)21(28)23-12-11-18-10-7-13-30-18/h4-10,13,16H,11-12H2,1-3H3,(H,23,28)/t16-/m1/s1. The van der Waals surface area contributed by atoms with Gasteiger partial charge in [0.15, 0.2) is 5.52 Å². The highest BCUT2D eigenvalue weighted by Crippen LogP contribution is 2.21. The number of nitrogens with zero attached hydrogens (tertiary/aromatic N) is 4. The van der Waals surface area contributed by atoms with Crippen molar-refractivity contribution >= 4 is 28.1 Å². The molecule has 1 aromatic carbocycles. The van der Waals surface area contributed by atoms with Crippen LogP contribution in [-0.2, 0) is 11.2 Å². The average molecular weight is 422 g/mol. The quantitative estimate of drug-likeness (QED) is 0.518. The maximum atomic E-state index is 13.1. The molecule has 0 spiro atoms. The summed E-state index contributed by atoms with van der Waals surface area (Å²) in [6.07, 6.45) is 0.761. The maximum Gasteiger partial charge on any atom is 0.295 e. The summed E-state index contributed by atoms with van der Waals surface area (Å²) in [6, 6.07) is 12.9. The van der Waals surface area contributed by atoms with Crippen molar-refractivity contribution in [1.29, 1.82) is 0 Å². The molecule has 3 heterocycles. The Morgan fingerprint density at radius 1 is 1.13 bits per heavy atom. The van der Waals surface area contributed by atoms with E-state index in [2.05, 4.69) is 15.5 Å². The molecule has 1 N–H and O–H groups in total. The van der Waals surface area contributed by atoms with Crippen molar-refractivity contribution in [3.63, 3.8) is 0 Å². The Labute approximate surface area is 178 Å². The number of thiophene rings is 1. The van der Waals surface area contributed by atoms with Gasteiger partial charge in [-0.05, 0) is 50.8 Å². The number of rotatable bonds is 6. The number of aromatic nitrogens is 4. The SMILES string of the molecule is Cc1nn([C@H](C)C(=O)NCCc2cccs2)c(=O)c2nn(-c3ccccc3)c(C)c12. The molecule has 0 fully saturated rings. The largest absolute Gasteiger partial charge is 0.354 e. The first-order valence-electron chi connectivity index (χ1n) is 9.81. The minimum atomic E-state index is -0.730. The Kier molecular flexibility index (Phi) is 5.50. The second-order valence-corrected chi connectivity index (χ2v) is 8.22. The number of carbonyl (C=O) groups is 1. The van der Waals surface area contributed by atoms with Crippen LogP contribution in [0.1, 0.15) is 29.2 Å². The molecule has 154 valence electrons. The summed E-state index contributed by atoms with van der Waals surface area (Å²) in [5.74, 6) is -0.237. The van der Waals surface area contributed by atoms with Crippen LogP contribution >= 0.6 is 11.3 Å². The van der Waals surface area contributed by atoms with Gasteiger partial charge in [0.05, 0.1) is 22.5 Å². The molecule has 0 unspecified atom stereocenters. The lowest BCUT2D eigenvalue weighted by Crippen LogP contribution is -2.38. The monoisotopic (exact) mass is 421 g/mol. The van der Waals surface area contributed by atoms with Crippen molar-refractivity contribution in [3.05, 3.63) is 74.5 Å². The van der Waals surface area contributed by atoms with E-state index in [1.54, 1.807) is 22.9 Å². The number of nitrogens with one attached hydrogen (secondary N) is 1. The lowest BCUT2D eigenvalue weighted by molar-refractivity contribution is -0.124. The van der Waals surface area contributed by atoms with E-state index >= 15 is 0 Å². The fourth-order valence-corrected chi connectivity index (χ4v) is 4.27. The third-order valence-corrected chi connectivity index (χ3v) is 6.08. The fourth-order valence-electron chi connectivity index (χ4n) is 3.56. The van der Waals surface area contributed by atoms with Crippen molar-refractivity contribution in [2.24, 2.45) is 0 Å². The molecule has 0 saturated carbocycles. The first-order valence-corrected chi connectivity index (χ1v) is 10.7. The van der Waals surface area contributed by atoms with Crippen LogP contribution in [0.3, 0.4) is 0 Å². The lowest BCUT2D eigenvalue weighted by Gasteiger charge is -2.14. The third-order valence-electron chi connectivity index (χ3n) is 5.14. The van der Waals surface area contributed by atoms with E-state index in [4.69, 9.17) is 0 Å². The van der Waals surface area contributed by atoms with E-state index in [1.807, 2.05) is 61.7 Å². The van der Waals surface area contributed by atoms with E-state index in [9.17, 15) is 9.59 Å². The zero-order chi connectivity index (χ0) is 21.3.